The van der Waals surface area contributed by atoms with Gasteiger partial charge >= 0.3 is 5.97 Å². The van der Waals surface area contributed by atoms with Gasteiger partial charge in [0, 0.05) is 5.69 Å². The Kier molecular flexibility index (Phi) is 6.84. The van der Waals surface area contributed by atoms with Gasteiger partial charge in [-0.05, 0) is 30.7 Å². The van der Waals surface area contributed by atoms with Crippen LogP contribution in [0, 0.1) is 5.82 Å². The van der Waals surface area contributed by atoms with Crippen LogP contribution >= 0.6 is 0 Å². The summed E-state index contributed by atoms with van der Waals surface area (Å²) in [5.41, 5.74) is 1.08. The van der Waals surface area contributed by atoms with Gasteiger partial charge in [0.05, 0.1) is 6.42 Å². The second kappa shape index (κ2) is 9.31. The summed E-state index contributed by atoms with van der Waals surface area (Å²) in [4.78, 5) is 35.5. The van der Waals surface area contributed by atoms with Gasteiger partial charge in [-0.15, -0.1) is 0 Å². The smallest absolute Gasteiger partial charge is 0.326 e. The number of rotatable bonds is 7. The van der Waals surface area contributed by atoms with Crippen LogP contribution < -0.4 is 10.6 Å². The van der Waals surface area contributed by atoms with Crippen molar-refractivity contribution in [2.75, 3.05) is 11.9 Å². The molecule has 2 amide bonds. The first kappa shape index (κ1) is 19.1. The number of ether oxygens (including phenoxy) is 1. The van der Waals surface area contributed by atoms with Crippen molar-refractivity contribution in [3.8, 4) is 0 Å². The maximum Gasteiger partial charge on any atom is 0.326 e. The Balaban J connectivity index is 1.74. The van der Waals surface area contributed by atoms with E-state index in [-0.39, 0.29) is 24.6 Å². The lowest BCUT2D eigenvalue weighted by Crippen LogP contribution is -2.36. The van der Waals surface area contributed by atoms with Crippen LogP contribution in [0.2, 0.25) is 0 Å². The molecule has 0 saturated heterocycles. The summed E-state index contributed by atoms with van der Waals surface area (Å²) in [6.07, 6.45) is -0.944. The Labute approximate surface area is 150 Å². The van der Waals surface area contributed by atoms with Gasteiger partial charge in [0.1, 0.15) is 12.4 Å². The highest BCUT2D eigenvalue weighted by Gasteiger charge is 2.18. The van der Waals surface area contributed by atoms with E-state index in [2.05, 4.69) is 10.6 Å². The largest absolute Gasteiger partial charge is 0.451 e. The SMILES string of the molecule is C[C@H](OC(=O)CNC(=O)Cc1ccccc1)C(=O)Nc1cccc(F)c1. The van der Waals surface area contributed by atoms with Crippen LogP contribution in [0.5, 0.6) is 0 Å². The fourth-order valence-corrected chi connectivity index (χ4v) is 2.12. The van der Waals surface area contributed by atoms with Gasteiger partial charge in [0.2, 0.25) is 5.91 Å². The lowest BCUT2D eigenvalue weighted by Gasteiger charge is -2.14. The molecule has 2 aromatic carbocycles. The molecular formula is C19H19FN2O4. The second-order valence-corrected chi connectivity index (χ2v) is 5.57. The molecule has 0 heterocycles. The van der Waals surface area contributed by atoms with Crippen molar-refractivity contribution in [2.24, 2.45) is 0 Å². The Hall–Kier alpha value is -3.22. The molecule has 0 fully saturated rings. The summed E-state index contributed by atoms with van der Waals surface area (Å²) >= 11 is 0. The molecule has 6 nitrogen and oxygen atoms in total. The van der Waals surface area contributed by atoms with Crippen LogP contribution in [0.4, 0.5) is 10.1 Å². The topological polar surface area (TPSA) is 84.5 Å². The van der Waals surface area contributed by atoms with Crippen molar-refractivity contribution < 1.29 is 23.5 Å². The van der Waals surface area contributed by atoms with E-state index in [1.54, 1.807) is 12.1 Å². The lowest BCUT2D eigenvalue weighted by molar-refractivity contribution is -0.152. The van der Waals surface area contributed by atoms with Crippen LogP contribution in [-0.2, 0) is 25.5 Å². The number of carbonyl (C=O) groups is 3. The van der Waals surface area contributed by atoms with Gasteiger partial charge in [-0.2, -0.15) is 0 Å². The molecule has 2 N–H and O–H groups in total. The van der Waals surface area contributed by atoms with Crippen LogP contribution in [0.3, 0.4) is 0 Å². The summed E-state index contributed by atoms with van der Waals surface area (Å²) in [5.74, 6) is -2.16. The Morgan fingerprint density at radius 3 is 2.50 bits per heavy atom. The summed E-state index contributed by atoms with van der Waals surface area (Å²) in [5, 5.41) is 4.88. The zero-order valence-corrected chi connectivity index (χ0v) is 14.2. The summed E-state index contributed by atoms with van der Waals surface area (Å²) in [7, 11) is 0. The molecule has 0 bridgehead atoms. The summed E-state index contributed by atoms with van der Waals surface area (Å²) in [6, 6.07) is 14.4. The van der Waals surface area contributed by atoms with Gasteiger partial charge in [-0.1, -0.05) is 36.4 Å². The maximum absolute atomic E-state index is 13.1. The Bertz CT molecular complexity index is 780. The average molecular weight is 358 g/mol. The molecule has 0 aliphatic carbocycles. The van der Waals surface area contributed by atoms with Gasteiger partial charge < -0.3 is 15.4 Å². The third-order valence-corrected chi connectivity index (χ3v) is 3.41. The highest BCUT2D eigenvalue weighted by molar-refractivity contribution is 5.95. The minimum Gasteiger partial charge on any atom is -0.451 e. The first-order valence-electron chi connectivity index (χ1n) is 8.00. The molecule has 0 aliphatic heterocycles. The normalized spacial score (nSPS) is 11.3. The number of benzene rings is 2. The van der Waals surface area contributed by atoms with Crippen LogP contribution in [-0.4, -0.2) is 30.4 Å². The first-order valence-corrected chi connectivity index (χ1v) is 8.00. The number of hydrogen-bond donors (Lipinski definition) is 2. The number of amides is 2. The number of hydrogen-bond acceptors (Lipinski definition) is 4. The average Bonchev–Trinajstić information content (AvgIpc) is 2.61. The summed E-state index contributed by atoms with van der Waals surface area (Å²) in [6.45, 7) is 1.04. The van der Waals surface area contributed by atoms with Crippen molar-refractivity contribution >= 4 is 23.5 Å². The fourth-order valence-electron chi connectivity index (χ4n) is 2.12. The number of esters is 1. The third-order valence-electron chi connectivity index (χ3n) is 3.41. The second-order valence-electron chi connectivity index (χ2n) is 5.57. The molecule has 0 radical (unpaired) electrons. The molecule has 0 aliphatic rings. The quantitative estimate of drug-likeness (QED) is 0.742. The van der Waals surface area contributed by atoms with E-state index in [4.69, 9.17) is 4.74 Å². The predicted molar refractivity (Wildman–Crippen MR) is 93.7 cm³/mol. The zero-order valence-electron chi connectivity index (χ0n) is 14.2. The Morgan fingerprint density at radius 2 is 1.81 bits per heavy atom. The van der Waals surface area contributed by atoms with E-state index in [1.807, 2.05) is 18.2 Å². The molecule has 26 heavy (non-hydrogen) atoms. The third kappa shape index (κ3) is 6.35. The van der Waals surface area contributed by atoms with Gasteiger partial charge in [0.25, 0.3) is 5.91 Å². The van der Waals surface area contributed by atoms with Crippen molar-refractivity contribution in [3.05, 3.63) is 66.0 Å². The van der Waals surface area contributed by atoms with Crippen LogP contribution in [0.1, 0.15) is 12.5 Å². The van der Waals surface area contributed by atoms with E-state index in [0.29, 0.717) is 0 Å². The fraction of sp³-hybridized carbons (Fsp3) is 0.211. The molecule has 0 spiro atoms. The standard InChI is InChI=1S/C19H19FN2O4/c1-13(19(25)22-16-9-5-8-15(20)11-16)26-18(24)12-21-17(23)10-14-6-3-2-4-7-14/h2-9,11,13H,10,12H2,1H3,(H,21,23)(H,22,25)/t13-/m0/s1. The minimum atomic E-state index is -1.09. The molecule has 0 aromatic heterocycles. The lowest BCUT2D eigenvalue weighted by atomic mass is 10.1. The molecule has 1 atom stereocenters. The number of nitrogens with one attached hydrogen (secondary N) is 2. The number of halogens is 1. The minimum absolute atomic E-state index is 0.143. The maximum atomic E-state index is 13.1. The van der Waals surface area contributed by atoms with E-state index in [0.717, 1.165) is 11.6 Å². The van der Waals surface area contributed by atoms with Crippen LogP contribution in [0.15, 0.2) is 54.6 Å². The van der Waals surface area contributed by atoms with Crippen molar-refractivity contribution in [1.82, 2.24) is 5.32 Å². The van der Waals surface area contributed by atoms with E-state index in [9.17, 15) is 18.8 Å². The van der Waals surface area contributed by atoms with Crippen molar-refractivity contribution in [1.29, 1.82) is 0 Å². The van der Waals surface area contributed by atoms with Gasteiger partial charge in [-0.3, -0.25) is 14.4 Å². The van der Waals surface area contributed by atoms with Gasteiger partial charge in [-0.25, -0.2) is 4.39 Å². The van der Waals surface area contributed by atoms with Gasteiger partial charge in [0.15, 0.2) is 6.10 Å². The van der Waals surface area contributed by atoms with E-state index >= 15 is 0 Å². The molecule has 0 unspecified atom stereocenters. The van der Waals surface area contributed by atoms with E-state index in [1.165, 1.54) is 25.1 Å². The molecule has 136 valence electrons. The molecule has 2 aromatic rings. The summed E-state index contributed by atoms with van der Waals surface area (Å²) < 4.78 is 18.0. The first-order chi connectivity index (χ1) is 12.4. The highest BCUT2D eigenvalue weighted by Crippen LogP contribution is 2.10. The zero-order chi connectivity index (χ0) is 18.9. The molecular weight excluding hydrogens is 339 g/mol. The Morgan fingerprint density at radius 1 is 1.08 bits per heavy atom. The van der Waals surface area contributed by atoms with Crippen molar-refractivity contribution in [3.63, 3.8) is 0 Å². The molecule has 7 heteroatoms. The highest BCUT2D eigenvalue weighted by atomic mass is 19.1. The predicted octanol–water partition coefficient (Wildman–Crippen LogP) is 2.05. The number of carbonyl (C=O) groups excluding carboxylic acids is 3. The van der Waals surface area contributed by atoms with Crippen LogP contribution in [0.25, 0.3) is 0 Å². The van der Waals surface area contributed by atoms with Crippen molar-refractivity contribution in [2.45, 2.75) is 19.4 Å². The number of anilines is 1. The molecule has 2 rings (SSSR count). The molecule has 0 saturated carbocycles. The van der Waals surface area contributed by atoms with E-state index < -0.39 is 23.8 Å². The monoisotopic (exact) mass is 358 g/mol.